The molecule has 0 fully saturated rings. The van der Waals surface area contributed by atoms with Gasteiger partial charge in [-0.15, -0.1) is 0 Å². The molecule has 0 amide bonds. The van der Waals surface area contributed by atoms with E-state index in [0.717, 1.165) is 34.9 Å². The molecule has 0 N–H and O–H groups in total. The molecular weight excluding hydrogens is 266 g/mol. The summed E-state index contributed by atoms with van der Waals surface area (Å²) in [6.07, 6.45) is 2.01. The standard InChI is InChI=1S/C16H17N3O2/c1-3-4-10-19-12-9-7-5-6-8-11(12)13-14(19)17-16(21)18(2)15(13)20/h5-9H,3-4,10H2,1-2H3. The first kappa shape index (κ1) is 13.5. The Balaban J connectivity index is 2.55. The summed E-state index contributed by atoms with van der Waals surface area (Å²) in [6.45, 7) is 2.86. The van der Waals surface area contributed by atoms with Crippen LogP contribution in [0.1, 0.15) is 19.8 Å². The van der Waals surface area contributed by atoms with Crippen LogP contribution in [0.4, 0.5) is 0 Å². The molecule has 0 radical (unpaired) electrons. The lowest BCUT2D eigenvalue weighted by molar-refractivity contribution is 0.657. The Morgan fingerprint density at radius 2 is 1.90 bits per heavy atom. The fourth-order valence-corrected chi connectivity index (χ4v) is 2.64. The third kappa shape index (κ3) is 2.05. The van der Waals surface area contributed by atoms with E-state index in [-0.39, 0.29) is 5.56 Å². The molecule has 108 valence electrons. The number of fused-ring (bicyclic) bond motifs is 3. The Labute approximate surface area is 121 Å². The molecule has 0 unspecified atom stereocenters. The average molecular weight is 283 g/mol. The smallest absolute Gasteiger partial charge is 0.325 e. The van der Waals surface area contributed by atoms with Crippen molar-refractivity contribution in [3.05, 3.63) is 51.2 Å². The van der Waals surface area contributed by atoms with Crippen LogP contribution in [0.25, 0.3) is 21.9 Å². The Morgan fingerprint density at radius 1 is 1.14 bits per heavy atom. The summed E-state index contributed by atoms with van der Waals surface area (Å²) in [6, 6.07) is 9.64. The van der Waals surface area contributed by atoms with Gasteiger partial charge in [0, 0.05) is 19.0 Å². The number of aromatic nitrogens is 3. The molecule has 0 aliphatic carbocycles. The molecule has 0 saturated carbocycles. The van der Waals surface area contributed by atoms with Gasteiger partial charge in [0.2, 0.25) is 0 Å². The summed E-state index contributed by atoms with van der Waals surface area (Å²) in [5, 5.41) is 1.37. The zero-order valence-corrected chi connectivity index (χ0v) is 12.2. The van der Waals surface area contributed by atoms with Crippen molar-refractivity contribution in [2.24, 2.45) is 7.05 Å². The zero-order chi connectivity index (χ0) is 15.0. The second kappa shape index (κ2) is 5.16. The quantitative estimate of drug-likeness (QED) is 0.739. The summed E-state index contributed by atoms with van der Waals surface area (Å²) < 4.78 is 3.05. The van der Waals surface area contributed by atoms with Gasteiger partial charge >= 0.3 is 5.69 Å². The van der Waals surface area contributed by atoms with Crippen molar-refractivity contribution in [3.63, 3.8) is 0 Å². The van der Waals surface area contributed by atoms with Gasteiger partial charge in [0.05, 0.1) is 10.9 Å². The van der Waals surface area contributed by atoms with Crippen LogP contribution in [-0.4, -0.2) is 14.1 Å². The minimum Gasteiger partial charge on any atom is -0.325 e. The highest BCUT2D eigenvalue weighted by atomic mass is 16.2. The number of rotatable bonds is 3. The van der Waals surface area contributed by atoms with Crippen molar-refractivity contribution in [2.45, 2.75) is 26.3 Å². The van der Waals surface area contributed by atoms with E-state index in [1.165, 1.54) is 7.05 Å². The molecule has 2 heterocycles. The van der Waals surface area contributed by atoms with Crippen LogP contribution in [-0.2, 0) is 13.6 Å². The van der Waals surface area contributed by atoms with E-state index in [0.29, 0.717) is 11.0 Å². The van der Waals surface area contributed by atoms with E-state index >= 15 is 0 Å². The first-order chi connectivity index (χ1) is 10.1. The van der Waals surface area contributed by atoms with Crippen LogP contribution in [0.5, 0.6) is 0 Å². The Kier molecular flexibility index (Phi) is 3.33. The summed E-state index contributed by atoms with van der Waals surface area (Å²) in [7, 11) is 1.47. The molecule has 0 atom stereocenters. The highest BCUT2D eigenvalue weighted by Crippen LogP contribution is 2.24. The van der Waals surface area contributed by atoms with Crippen molar-refractivity contribution >= 4 is 21.9 Å². The Morgan fingerprint density at radius 3 is 2.67 bits per heavy atom. The van der Waals surface area contributed by atoms with E-state index < -0.39 is 5.69 Å². The van der Waals surface area contributed by atoms with Gasteiger partial charge in [0.25, 0.3) is 5.56 Å². The third-order valence-electron chi connectivity index (χ3n) is 3.80. The van der Waals surface area contributed by atoms with Crippen LogP contribution >= 0.6 is 0 Å². The molecule has 0 aliphatic rings. The zero-order valence-electron chi connectivity index (χ0n) is 12.2. The normalized spacial score (nSPS) is 11.3. The molecule has 0 aliphatic heterocycles. The van der Waals surface area contributed by atoms with Crippen molar-refractivity contribution < 1.29 is 0 Å². The van der Waals surface area contributed by atoms with E-state index in [9.17, 15) is 9.59 Å². The van der Waals surface area contributed by atoms with Crippen molar-refractivity contribution in [1.82, 2.24) is 14.1 Å². The highest BCUT2D eigenvalue weighted by molar-refractivity contribution is 6.05. The number of aryl methyl sites for hydroxylation is 1. The maximum absolute atomic E-state index is 12.5. The lowest BCUT2D eigenvalue weighted by atomic mass is 10.2. The number of unbranched alkanes of at least 4 members (excludes halogenated alkanes) is 1. The van der Waals surface area contributed by atoms with Gasteiger partial charge in [-0.1, -0.05) is 37.6 Å². The maximum Gasteiger partial charge on any atom is 0.352 e. The molecule has 0 saturated heterocycles. The van der Waals surface area contributed by atoms with Crippen LogP contribution < -0.4 is 11.2 Å². The molecule has 5 nitrogen and oxygen atoms in total. The molecular formula is C16H17N3O2. The van der Waals surface area contributed by atoms with Crippen LogP contribution in [0.15, 0.2) is 39.9 Å². The summed E-state index contributed by atoms with van der Waals surface area (Å²) in [5.41, 5.74) is 0.658. The van der Waals surface area contributed by atoms with Gasteiger partial charge in [-0.3, -0.25) is 9.36 Å². The van der Waals surface area contributed by atoms with Gasteiger partial charge in [-0.25, -0.2) is 4.79 Å². The van der Waals surface area contributed by atoms with Crippen LogP contribution in [0.2, 0.25) is 0 Å². The molecule has 21 heavy (non-hydrogen) atoms. The first-order valence-corrected chi connectivity index (χ1v) is 7.13. The van der Waals surface area contributed by atoms with Crippen molar-refractivity contribution in [3.8, 4) is 0 Å². The van der Waals surface area contributed by atoms with Gasteiger partial charge in [0.15, 0.2) is 5.65 Å². The lowest BCUT2D eigenvalue weighted by Crippen LogP contribution is -2.32. The predicted octanol–water partition coefficient (Wildman–Crippen LogP) is 2.05. The van der Waals surface area contributed by atoms with Gasteiger partial charge in [-0.05, 0) is 12.5 Å². The topological polar surface area (TPSA) is 56.9 Å². The van der Waals surface area contributed by atoms with Gasteiger partial charge in [-0.2, -0.15) is 4.98 Å². The van der Waals surface area contributed by atoms with E-state index in [2.05, 4.69) is 11.9 Å². The second-order valence-electron chi connectivity index (χ2n) is 5.17. The molecule has 0 spiro atoms. The predicted molar refractivity (Wildman–Crippen MR) is 83.7 cm³/mol. The molecule has 0 bridgehead atoms. The summed E-state index contributed by atoms with van der Waals surface area (Å²) in [5.74, 6) is 0. The molecule has 2 aromatic heterocycles. The monoisotopic (exact) mass is 283 g/mol. The van der Waals surface area contributed by atoms with Crippen molar-refractivity contribution in [2.75, 3.05) is 0 Å². The first-order valence-electron chi connectivity index (χ1n) is 7.13. The number of hydrogen-bond donors (Lipinski definition) is 0. The van der Waals surface area contributed by atoms with E-state index in [4.69, 9.17) is 0 Å². The Bertz CT molecular complexity index is 938. The SMILES string of the molecule is CCCCn1c2cccccc2c2c(=O)n(C)c(=O)nc21. The minimum atomic E-state index is -0.502. The largest absolute Gasteiger partial charge is 0.352 e. The van der Waals surface area contributed by atoms with Crippen molar-refractivity contribution in [1.29, 1.82) is 0 Å². The highest BCUT2D eigenvalue weighted by Gasteiger charge is 2.16. The fraction of sp³-hybridized carbons (Fsp3) is 0.312. The van der Waals surface area contributed by atoms with Crippen LogP contribution in [0, 0.1) is 0 Å². The maximum atomic E-state index is 12.5. The van der Waals surface area contributed by atoms with E-state index in [1.807, 2.05) is 34.9 Å². The lowest BCUT2D eigenvalue weighted by Gasteiger charge is -2.04. The molecule has 3 rings (SSSR count). The fourth-order valence-electron chi connectivity index (χ4n) is 2.64. The summed E-state index contributed by atoms with van der Waals surface area (Å²) in [4.78, 5) is 28.4. The number of hydrogen-bond acceptors (Lipinski definition) is 3. The molecule has 1 aromatic carbocycles. The summed E-state index contributed by atoms with van der Waals surface area (Å²) >= 11 is 0. The van der Waals surface area contributed by atoms with Gasteiger partial charge < -0.3 is 4.57 Å². The third-order valence-corrected chi connectivity index (χ3v) is 3.80. The van der Waals surface area contributed by atoms with Crippen LogP contribution in [0.3, 0.4) is 0 Å². The number of nitrogens with zero attached hydrogens (tertiary/aromatic N) is 3. The average Bonchev–Trinajstić information content (AvgIpc) is 2.64. The second-order valence-corrected chi connectivity index (χ2v) is 5.17. The Hall–Kier alpha value is -2.43. The van der Waals surface area contributed by atoms with Gasteiger partial charge in [0.1, 0.15) is 0 Å². The minimum absolute atomic E-state index is 0.281. The van der Waals surface area contributed by atoms with E-state index in [1.54, 1.807) is 0 Å². The molecule has 5 heteroatoms. The molecule has 3 aromatic rings.